The Balaban J connectivity index is 1.70. The molecule has 23 heavy (non-hydrogen) atoms. The van der Waals surface area contributed by atoms with Crippen LogP contribution in [-0.2, 0) is 17.6 Å². The van der Waals surface area contributed by atoms with E-state index in [1.165, 1.54) is 29.1 Å². The van der Waals surface area contributed by atoms with Crippen LogP contribution < -0.4 is 10.6 Å². The molecule has 0 spiro atoms. The van der Waals surface area contributed by atoms with Crippen LogP contribution in [-0.4, -0.2) is 44.8 Å². The van der Waals surface area contributed by atoms with Gasteiger partial charge in [0.2, 0.25) is 0 Å². The number of rotatable bonds is 9. The molecule has 1 fully saturated rings. The van der Waals surface area contributed by atoms with Gasteiger partial charge in [-0.05, 0) is 31.1 Å². The largest absolute Gasteiger partial charge is 0.385 e. The molecular formula is C17H30N4OS. The average Bonchev–Trinajstić information content (AvgIpc) is 2.99. The Hall–Kier alpha value is -1.14. The van der Waals surface area contributed by atoms with Gasteiger partial charge < -0.3 is 15.4 Å². The van der Waals surface area contributed by atoms with Gasteiger partial charge in [-0.3, -0.25) is 4.99 Å². The predicted molar refractivity (Wildman–Crippen MR) is 97.3 cm³/mol. The first-order valence-corrected chi connectivity index (χ1v) is 9.40. The fourth-order valence-corrected chi connectivity index (χ4v) is 3.78. The summed E-state index contributed by atoms with van der Waals surface area (Å²) in [4.78, 5) is 10.1. The quantitative estimate of drug-likeness (QED) is 0.537. The minimum atomic E-state index is 0.402. The van der Waals surface area contributed by atoms with Gasteiger partial charge >= 0.3 is 0 Å². The lowest BCUT2D eigenvalue weighted by molar-refractivity contribution is 0.0732. The summed E-state index contributed by atoms with van der Waals surface area (Å²) in [6.45, 7) is 4.85. The zero-order valence-corrected chi connectivity index (χ0v) is 15.5. The molecule has 0 saturated heterocycles. The van der Waals surface area contributed by atoms with Crippen LogP contribution in [0.3, 0.4) is 0 Å². The number of ether oxygens (including phenoxy) is 1. The lowest BCUT2D eigenvalue weighted by atomic mass is 9.67. The highest BCUT2D eigenvalue weighted by molar-refractivity contribution is 7.11. The third kappa shape index (κ3) is 5.46. The van der Waals surface area contributed by atoms with E-state index < -0.39 is 0 Å². The monoisotopic (exact) mass is 338 g/mol. The molecule has 1 aliphatic rings. The van der Waals surface area contributed by atoms with E-state index in [4.69, 9.17) is 4.74 Å². The highest BCUT2D eigenvalue weighted by Crippen LogP contribution is 2.43. The van der Waals surface area contributed by atoms with Crippen LogP contribution in [0.5, 0.6) is 0 Å². The van der Waals surface area contributed by atoms with Crippen molar-refractivity contribution in [3.05, 3.63) is 16.1 Å². The van der Waals surface area contributed by atoms with Crippen LogP contribution in [0.4, 0.5) is 0 Å². The van der Waals surface area contributed by atoms with Gasteiger partial charge in [-0.15, -0.1) is 11.3 Å². The summed E-state index contributed by atoms with van der Waals surface area (Å²) in [5.41, 5.74) is 0.402. The van der Waals surface area contributed by atoms with Crippen LogP contribution in [0.25, 0.3) is 0 Å². The van der Waals surface area contributed by atoms with E-state index in [1.54, 1.807) is 18.4 Å². The van der Waals surface area contributed by atoms with Gasteiger partial charge in [0.1, 0.15) is 0 Å². The van der Waals surface area contributed by atoms with Gasteiger partial charge in [0.05, 0.1) is 5.01 Å². The first kappa shape index (κ1) is 18.2. The van der Waals surface area contributed by atoms with Crippen LogP contribution in [0, 0.1) is 5.41 Å². The lowest BCUT2D eigenvalue weighted by Gasteiger charge is -2.42. The number of aromatic nitrogens is 1. The molecule has 1 aromatic rings. The van der Waals surface area contributed by atoms with Crippen LogP contribution in [0.1, 0.15) is 42.5 Å². The zero-order valence-electron chi connectivity index (χ0n) is 14.7. The van der Waals surface area contributed by atoms with Crippen molar-refractivity contribution in [2.75, 3.05) is 33.9 Å². The van der Waals surface area contributed by atoms with Crippen molar-refractivity contribution in [3.63, 3.8) is 0 Å². The topological polar surface area (TPSA) is 58.5 Å². The maximum absolute atomic E-state index is 5.25. The Bertz CT molecular complexity index is 497. The van der Waals surface area contributed by atoms with E-state index in [2.05, 4.69) is 27.5 Å². The summed E-state index contributed by atoms with van der Waals surface area (Å²) in [6.07, 6.45) is 9.05. The number of hydrogen-bond acceptors (Lipinski definition) is 4. The molecule has 0 bridgehead atoms. The number of nitrogens with zero attached hydrogens (tertiary/aromatic N) is 2. The second kappa shape index (κ2) is 9.23. The molecule has 2 rings (SSSR count). The van der Waals surface area contributed by atoms with Crippen molar-refractivity contribution < 1.29 is 4.74 Å². The third-order valence-corrected chi connectivity index (χ3v) is 5.89. The van der Waals surface area contributed by atoms with E-state index >= 15 is 0 Å². The summed E-state index contributed by atoms with van der Waals surface area (Å²) < 4.78 is 5.25. The minimum absolute atomic E-state index is 0.402. The number of hydrogen-bond donors (Lipinski definition) is 2. The Morgan fingerprint density at radius 3 is 2.83 bits per heavy atom. The fourth-order valence-electron chi connectivity index (χ4n) is 2.92. The zero-order chi connectivity index (χ0) is 16.5. The van der Waals surface area contributed by atoms with E-state index in [1.807, 2.05) is 13.2 Å². The van der Waals surface area contributed by atoms with Crippen LogP contribution >= 0.6 is 11.3 Å². The summed E-state index contributed by atoms with van der Waals surface area (Å²) in [7, 11) is 3.61. The maximum Gasteiger partial charge on any atom is 0.191 e. The first-order chi connectivity index (χ1) is 11.2. The van der Waals surface area contributed by atoms with Crippen LogP contribution in [0.2, 0.25) is 0 Å². The Morgan fingerprint density at radius 2 is 2.26 bits per heavy atom. The van der Waals surface area contributed by atoms with E-state index in [9.17, 15) is 0 Å². The normalized spacial score (nSPS) is 16.9. The van der Waals surface area contributed by atoms with Crippen molar-refractivity contribution in [3.8, 4) is 0 Å². The Morgan fingerprint density at radius 1 is 1.43 bits per heavy atom. The number of guanidine groups is 1. The number of thiazole rings is 1. The molecule has 0 radical (unpaired) electrons. The highest BCUT2D eigenvalue weighted by atomic mass is 32.1. The molecule has 1 saturated carbocycles. The predicted octanol–water partition coefficient (Wildman–Crippen LogP) is 2.62. The van der Waals surface area contributed by atoms with Gasteiger partial charge in [-0.1, -0.05) is 13.3 Å². The molecule has 1 aliphatic carbocycles. The van der Waals surface area contributed by atoms with Gasteiger partial charge in [0.25, 0.3) is 0 Å². The fraction of sp³-hybridized carbons (Fsp3) is 0.765. The molecule has 0 aliphatic heterocycles. The van der Waals surface area contributed by atoms with E-state index in [0.717, 1.165) is 44.9 Å². The van der Waals surface area contributed by atoms with Crippen molar-refractivity contribution in [1.82, 2.24) is 15.6 Å². The molecule has 1 aromatic heterocycles. The molecule has 1 heterocycles. The second-order valence-electron chi connectivity index (χ2n) is 6.27. The Labute approximate surface area is 144 Å². The van der Waals surface area contributed by atoms with Gasteiger partial charge in [-0.25, -0.2) is 4.98 Å². The number of nitrogens with one attached hydrogen (secondary N) is 2. The molecule has 2 N–H and O–H groups in total. The van der Waals surface area contributed by atoms with Crippen molar-refractivity contribution >= 4 is 17.3 Å². The summed E-state index contributed by atoms with van der Waals surface area (Å²) in [5, 5.41) is 8.08. The summed E-state index contributed by atoms with van der Waals surface area (Å²) in [5.74, 6) is 0.890. The molecule has 130 valence electrons. The third-order valence-electron chi connectivity index (χ3n) is 4.69. The Kier molecular flexibility index (Phi) is 7.30. The van der Waals surface area contributed by atoms with Crippen molar-refractivity contribution in [2.45, 2.75) is 45.4 Å². The molecular weight excluding hydrogens is 308 g/mol. The number of aryl methyl sites for hydroxylation is 1. The standard InChI is InChI=1S/C17H30N4OS/c1-4-14-12-20-15(23-14)6-10-19-16(18-2)21-13-17(7-5-8-17)9-11-22-3/h12H,4-11,13H2,1-3H3,(H2,18,19,21). The number of methoxy groups -OCH3 is 1. The van der Waals surface area contributed by atoms with Crippen molar-refractivity contribution in [2.24, 2.45) is 10.4 Å². The van der Waals surface area contributed by atoms with Gasteiger partial charge in [0.15, 0.2) is 5.96 Å². The smallest absolute Gasteiger partial charge is 0.191 e. The molecule has 0 atom stereocenters. The van der Waals surface area contributed by atoms with Gasteiger partial charge in [0, 0.05) is 51.3 Å². The number of aliphatic imine (C=N–C) groups is 1. The maximum atomic E-state index is 5.25. The highest BCUT2D eigenvalue weighted by Gasteiger charge is 2.36. The minimum Gasteiger partial charge on any atom is -0.385 e. The molecule has 0 unspecified atom stereocenters. The summed E-state index contributed by atoms with van der Waals surface area (Å²) >= 11 is 1.81. The van der Waals surface area contributed by atoms with Crippen LogP contribution in [0.15, 0.2) is 11.2 Å². The summed E-state index contributed by atoms with van der Waals surface area (Å²) in [6, 6.07) is 0. The first-order valence-electron chi connectivity index (χ1n) is 8.58. The SMILES string of the molecule is CCc1cnc(CCNC(=NC)NCC2(CCOC)CCC2)s1. The van der Waals surface area contributed by atoms with E-state index in [-0.39, 0.29) is 0 Å². The van der Waals surface area contributed by atoms with E-state index in [0.29, 0.717) is 5.41 Å². The molecule has 5 nitrogen and oxygen atoms in total. The molecule has 0 aromatic carbocycles. The molecule has 0 amide bonds. The lowest BCUT2D eigenvalue weighted by Crippen LogP contribution is -2.47. The molecule has 6 heteroatoms. The average molecular weight is 339 g/mol. The van der Waals surface area contributed by atoms with Gasteiger partial charge in [-0.2, -0.15) is 0 Å². The van der Waals surface area contributed by atoms with Crippen molar-refractivity contribution in [1.29, 1.82) is 0 Å². The second-order valence-corrected chi connectivity index (χ2v) is 7.47.